The molecule has 2 heterocycles. The Hall–Kier alpha value is -2.98. The van der Waals surface area contributed by atoms with Gasteiger partial charge in [-0.15, -0.1) is 0 Å². The van der Waals surface area contributed by atoms with Crippen LogP contribution < -0.4 is 19.6 Å². The highest BCUT2D eigenvalue weighted by atomic mass is 79.9. The minimum Gasteiger partial charge on any atom is -0.487 e. The van der Waals surface area contributed by atoms with E-state index >= 15 is 0 Å². The van der Waals surface area contributed by atoms with Gasteiger partial charge in [0.2, 0.25) is 0 Å². The van der Waals surface area contributed by atoms with E-state index in [1.54, 1.807) is 18.4 Å². The second-order valence-electron chi connectivity index (χ2n) is 9.44. The lowest BCUT2D eigenvalue weighted by atomic mass is 9.95. The van der Waals surface area contributed by atoms with Crippen molar-refractivity contribution in [2.75, 3.05) is 6.61 Å². The average Bonchev–Trinajstić information content (AvgIpc) is 3.23. The van der Waals surface area contributed by atoms with Gasteiger partial charge < -0.3 is 9.47 Å². The Morgan fingerprint density at radius 2 is 1.73 bits per heavy atom. The number of aromatic nitrogens is 1. The van der Waals surface area contributed by atoms with Crippen molar-refractivity contribution in [3.8, 4) is 5.75 Å². The van der Waals surface area contributed by atoms with Gasteiger partial charge in [-0.3, -0.25) is 9.36 Å². The highest BCUT2D eigenvalue weighted by molar-refractivity contribution is 9.11. The molecule has 1 aromatic heterocycles. The smallest absolute Gasteiger partial charge is 0.338 e. The van der Waals surface area contributed by atoms with Gasteiger partial charge in [-0.05, 0) is 99.7 Å². The molecule has 210 valence electrons. The Morgan fingerprint density at radius 1 is 1.07 bits per heavy atom. The van der Waals surface area contributed by atoms with Crippen LogP contribution in [0.15, 0.2) is 90.7 Å². The minimum atomic E-state index is -0.643. The number of carbonyl (C=O) groups excluding carboxylic acids is 1. The molecule has 0 aliphatic carbocycles. The van der Waals surface area contributed by atoms with Crippen LogP contribution in [0.3, 0.4) is 0 Å². The first-order valence-electron chi connectivity index (χ1n) is 12.8. The quantitative estimate of drug-likeness (QED) is 0.196. The van der Waals surface area contributed by atoms with Gasteiger partial charge in [0.05, 0.1) is 37.4 Å². The maximum Gasteiger partial charge on any atom is 0.338 e. The lowest BCUT2D eigenvalue weighted by Crippen LogP contribution is -2.39. The zero-order chi connectivity index (χ0) is 29.3. The molecule has 4 aromatic rings. The van der Waals surface area contributed by atoms with Crippen LogP contribution in [0.5, 0.6) is 5.75 Å². The molecule has 0 N–H and O–H groups in total. The maximum atomic E-state index is 13.9. The van der Waals surface area contributed by atoms with Gasteiger partial charge in [-0.1, -0.05) is 64.9 Å². The van der Waals surface area contributed by atoms with E-state index in [-0.39, 0.29) is 12.2 Å². The second kappa shape index (κ2) is 12.5. The molecule has 0 radical (unpaired) electrons. The first-order valence-corrected chi connectivity index (χ1v) is 15.6. The van der Waals surface area contributed by atoms with E-state index in [9.17, 15) is 9.59 Å². The third-order valence-corrected chi connectivity index (χ3v) is 8.94. The SMILES string of the molecule is CCOC(=O)C1=C(C)N=c2s/c(=C/c3cc(Br)c(OCc4ccc(Cl)cc4)c(Br)c3)c(=O)n2[C@@H]1c1ccc(C)cc1. The number of benzene rings is 3. The average molecular weight is 717 g/mol. The number of esters is 1. The molecule has 5 rings (SSSR count). The zero-order valence-electron chi connectivity index (χ0n) is 22.4. The molecule has 41 heavy (non-hydrogen) atoms. The lowest BCUT2D eigenvalue weighted by molar-refractivity contribution is -0.139. The molecule has 1 atom stereocenters. The highest BCUT2D eigenvalue weighted by Gasteiger charge is 2.33. The van der Waals surface area contributed by atoms with Gasteiger partial charge in [0.15, 0.2) is 4.80 Å². The summed E-state index contributed by atoms with van der Waals surface area (Å²) in [5.41, 5.74) is 4.34. The predicted molar refractivity (Wildman–Crippen MR) is 169 cm³/mol. The summed E-state index contributed by atoms with van der Waals surface area (Å²) < 4.78 is 15.0. The summed E-state index contributed by atoms with van der Waals surface area (Å²) in [6.45, 7) is 6.12. The van der Waals surface area contributed by atoms with Crippen molar-refractivity contribution in [3.05, 3.63) is 128 Å². The second-order valence-corrected chi connectivity index (χ2v) is 12.6. The Labute approximate surface area is 262 Å². The number of aryl methyl sites for hydroxylation is 1. The first-order chi connectivity index (χ1) is 19.7. The first kappa shape index (κ1) is 29.5. The van der Waals surface area contributed by atoms with E-state index in [4.69, 9.17) is 21.1 Å². The van der Waals surface area contributed by atoms with Crippen molar-refractivity contribution >= 4 is 66.8 Å². The summed E-state index contributed by atoms with van der Waals surface area (Å²) >= 11 is 14.5. The lowest BCUT2D eigenvalue weighted by Gasteiger charge is -2.24. The van der Waals surface area contributed by atoms with Crippen LogP contribution in [0.1, 0.15) is 42.1 Å². The number of fused-ring (bicyclic) bond motifs is 1. The van der Waals surface area contributed by atoms with Crippen LogP contribution in [-0.2, 0) is 16.1 Å². The van der Waals surface area contributed by atoms with Crippen LogP contribution in [0, 0.1) is 6.92 Å². The van der Waals surface area contributed by atoms with Gasteiger partial charge in [-0.25, -0.2) is 9.79 Å². The number of ether oxygens (including phenoxy) is 2. The highest BCUT2D eigenvalue weighted by Crippen LogP contribution is 2.36. The van der Waals surface area contributed by atoms with Gasteiger partial charge in [0, 0.05) is 5.02 Å². The molecule has 0 amide bonds. The number of hydrogen-bond donors (Lipinski definition) is 0. The maximum absolute atomic E-state index is 13.9. The predicted octanol–water partition coefficient (Wildman–Crippen LogP) is 6.86. The number of nitrogens with zero attached hydrogens (tertiary/aromatic N) is 2. The van der Waals surface area contributed by atoms with Crippen molar-refractivity contribution in [3.63, 3.8) is 0 Å². The molecule has 1 aliphatic rings. The number of hydrogen-bond acceptors (Lipinski definition) is 6. The van der Waals surface area contributed by atoms with Crippen molar-refractivity contribution in [2.24, 2.45) is 4.99 Å². The summed E-state index contributed by atoms with van der Waals surface area (Å²) in [6, 6.07) is 18.4. The zero-order valence-corrected chi connectivity index (χ0v) is 27.2. The van der Waals surface area contributed by atoms with Crippen LogP contribution in [0.4, 0.5) is 0 Å². The number of carbonyl (C=O) groups is 1. The Bertz CT molecular complexity index is 1820. The number of halogens is 3. The fraction of sp³-hybridized carbons (Fsp3) is 0.194. The van der Waals surface area contributed by atoms with Crippen molar-refractivity contribution < 1.29 is 14.3 Å². The van der Waals surface area contributed by atoms with Gasteiger partial charge >= 0.3 is 5.97 Å². The largest absolute Gasteiger partial charge is 0.487 e. The van der Waals surface area contributed by atoms with Crippen molar-refractivity contribution in [1.82, 2.24) is 4.57 Å². The van der Waals surface area contributed by atoms with E-state index in [2.05, 4.69) is 36.9 Å². The number of rotatable bonds is 7. The third-order valence-electron chi connectivity index (χ3n) is 6.52. The van der Waals surface area contributed by atoms with Gasteiger partial charge in [0.1, 0.15) is 12.4 Å². The monoisotopic (exact) mass is 714 g/mol. The van der Waals surface area contributed by atoms with E-state index < -0.39 is 12.0 Å². The summed E-state index contributed by atoms with van der Waals surface area (Å²) in [5.74, 6) is 0.170. The van der Waals surface area contributed by atoms with Gasteiger partial charge in [-0.2, -0.15) is 0 Å². The van der Waals surface area contributed by atoms with Crippen molar-refractivity contribution in [1.29, 1.82) is 0 Å². The molecule has 0 saturated carbocycles. The van der Waals surface area contributed by atoms with Gasteiger partial charge in [0.25, 0.3) is 5.56 Å². The minimum absolute atomic E-state index is 0.226. The molecule has 3 aromatic carbocycles. The number of allylic oxidation sites excluding steroid dienone is 1. The third kappa shape index (κ3) is 6.28. The van der Waals surface area contributed by atoms with Crippen LogP contribution in [0.2, 0.25) is 5.02 Å². The Kier molecular flexibility index (Phi) is 8.99. The van der Waals surface area contributed by atoms with E-state index in [1.165, 1.54) is 11.3 Å². The molecule has 0 spiro atoms. The van der Waals surface area contributed by atoms with Crippen LogP contribution in [0.25, 0.3) is 6.08 Å². The van der Waals surface area contributed by atoms with E-state index in [0.29, 0.717) is 38.0 Å². The Morgan fingerprint density at radius 3 is 2.37 bits per heavy atom. The molecule has 0 bridgehead atoms. The molecular weight excluding hydrogens is 692 g/mol. The molecule has 0 saturated heterocycles. The van der Waals surface area contributed by atoms with Crippen LogP contribution in [-0.4, -0.2) is 17.1 Å². The van der Waals surface area contributed by atoms with Crippen molar-refractivity contribution in [2.45, 2.75) is 33.4 Å². The molecule has 1 aliphatic heterocycles. The Balaban J connectivity index is 1.54. The summed E-state index contributed by atoms with van der Waals surface area (Å²) in [7, 11) is 0. The van der Waals surface area contributed by atoms with E-state index in [1.807, 2.05) is 73.7 Å². The summed E-state index contributed by atoms with van der Waals surface area (Å²) in [5, 5.41) is 0.670. The molecule has 6 nitrogen and oxygen atoms in total. The normalized spacial score (nSPS) is 15.0. The van der Waals surface area contributed by atoms with E-state index in [0.717, 1.165) is 31.2 Å². The standard InChI is InChI=1S/C31H25Br2ClN2O4S/c1-4-39-30(38)26-18(3)35-31-36(27(26)21-9-5-17(2)6-10-21)29(37)25(41-31)15-20-13-23(32)28(24(33)14-20)40-16-19-7-11-22(34)12-8-19/h5-15,27H,4,16H2,1-3H3/b25-15+/t27-/m1/s1. The van der Waals surface area contributed by atoms with Crippen LogP contribution >= 0.6 is 54.8 Å². The summed E-state index contributed by atoms with van der Waals surface area (Å²) in [4.78, 5) is 32.1. The molecular formula is C31H25Br2ClN2O4S. The molecule has 0 unspecified atom stereocenters. The fourth-order valence-corrected chi connectivity index (χ4v) is 7.17. The fourth-order valence-electron chi connectivity index (χ4n) is 4.54. The topological polar surface area (TPSA) is 69.9 Å². The number of thiazole rings is 1. The molecule has 0 fully saturated rings. The summed E-state index contributed by atoms with van der Waals surface area (Å²) in [6.07, 6.45) is 1.82. The molecule has 10 heteroatoms.